The molecule has 7 heteroatoms. The van der Waals surface area contributed by atoms with Crippen LogP contribution in [0, 0.1) is 6.92 Å². The Labute approximate surface area is 160 Å². The van der Waals surface area contributed by atoms with E-state index in [1.165, 1.54) is 4.90 Å². The zero-order chi connectivity index (χ0) is 19.4. The summed E-state index contributed by atoms with van der Waals surface area (Å²) in [6.07, 6.45) is 1.60. The van der Waals surface area contributed by atoms with Crippen LogP contribution in [0.1, 0.15) is 16.7 Å². The lowest BCUT2D eigenvalue weighted by Crippen LogP contribution is -2.27. The summed E-state index contributed by atoms with van der Waals surface area (Å²) >= 11 is 0.887. The highest BCUT2D eigenvalue weighted by Gasteiger charge is 2.34. The van der Waals surface area contributed by atoms with Gasteiger partial charge in [0.2, 0.25) is 0 Å². The molecular formula is C20H17NO5S. The van der Waals surface area contributed by atoms with Crippen LogP contribution >= 0.6 is 11.8 Å². The Morgan fingerprint density at radius 2 is 1.93 bits per heavy atom. The van der Waals surface area contributed by atoms with Gasteiger partial charge in [-0.2, -0.15) is 0 Å². The molecule has 0 aromatic heterocycles. The minimum absolute atomic E-state index is 0.226. The molecule has 6 nitrogen and oxygen atoms in total. The Balaban J connectivity index is 1.75. The van der Waals surface area contributed by atoms with E-state index >= 15 is 0 Å². The number of carboxylic acid groups (broad SMARTS) is 1. The molecule has 3 rings (SSSR count). The monoisotopic (exact) mass is 383 g/mol. The van der Waals surface area contributed by atoms with Crippen LogP contribution < -0.4 is 4.74 Å². The summed E-state index contributed by atoms with van der Waals surface area (Å²) in [7, 11) is 0. The first-order chi connectivity index (χ1) is 12.9. The average Bonchev–Trinajstić information content (AvgIpc) is 2.89. The molecule has 1 heterocycles. The highest BCUT2D eigenvalue weighted by atomic mass is 32.2. The third-order valence-corrected chi connectivity index (χ3v) is 4.76. The second kappa shape index (κ2) is 8.09. The Bertz CT molecular complexity index is 920. The van der Waals surface area contributed by atoms with Gasteiger partial charge in [-0.15, -0.1) is 0 Å². The lowest BCUT2D eigenvalue weighted by atomic mass is 10.1. The van der Waals surface area contributed by atoms with Crippen molar-refractivity contribution in [3.63, 3.8) is 0 Å². The Morgan fingerprint density at radius 1 is 1.19 bits per heavy atom. The molecular weight excluding hydrogens is 366 g/mol. The van der Waals surface area contributed by atoms with E-state index in [0.29, 0.717) is 16.2 Å². The molecule has 2 aromatic carbocycles. The number of carbonyl (C=O) groups excluding carboxylic acids is 2. The van der Waals surface area contributed by atoms with Crippen molar-refractivity contribution in [1.29, 1.82) is 0 Å². The molecule has 0 spiro atoms. The zero-order valence-electron chi connectivity index (χ0n) is 14.5. The van der Waals surface area contributed by atoms with Crippen molar-refractivity contribution in [1.82, 2.24) is 4.90 Å². The molecule has 0 bridgehead atoms. The summed E-state index contributed by atoms with van der Waals surface area (Å²) in [4.78, 5) is 37.0. The predicted octanol–water partition coefficient (Wildman–Crippen LogP) is 3.69. The van der Waals surface area contributed by atoms with Gasteiger partial charge < -0.3 is 9.84 Å². The standard InChI is InChI=1S/C20H17NO5S/c1-13-5-7-14(8-6-13)11-21-19(24)17(27-20(21)25)10-15-3-2-4-16(9-15)26-12-18(22)23/h2-10H,11-12H2,1H3,(H,22,23)/b17-10-. The molecule has 1 fully saturated rings. The second-order valence-electron chi connectivity index (χ2n) is 6.01. The number of hydrogen-bond acceptors (Lipinski definition) is 5. The highest BCUT2D eigenvalue weighted by molar-refractivity contribution is 8.18. The molecule has 27 heavy (non-hydrogen) atoms. The van der Waals surface area contributed by atoms with E-state index in [1.54, 1.807) is 30.3 Å². The summed E-state index contributed by atoms with van der Waals surface area (Å²) in [5, 5.41) is 8.36. The summed E-state index contributed by atoms with van der Waals surface area (Å²) in [5.41, 5.74) is 2.64. The SMILES string of the molecule is Cc1ccc(CN2C(=O)S/C(=C\c3cccc(OCC(=O)O)c3)C2=O)cc1. The third-order valence-electron chi connectivity index (χ3n) is 3.85. The number of amides is 2. The van der Waals surface area contributed by atoms with E-state index < -0.39 is 12.6 Å². The maximum atomic E-state index is 12.6. The van der Waals surface area contributed by atoms with Crippen molar-refractivity contribution >= 4 is 35.0 Å². The van der Waals surface area contributed by atoms with E-state index in [2.05, 4.69) is 0 Å². The van der Waals surface area contributed by atoms with Crippen molar-refractivity contribution < 1.29 is 24.2 Å². The van der Waals surface area contributed by atoms with Crippen LogP contribution in [0.5, 0.6) is 5.75 Å². The van der Waals surface area contributed by atoms with Gasteiger partial charge >= 0.3 is 5.97 Å². The number of thioether (sulfide) groups is 1. The van der Waals surface area contributed by atoms with Crippen LogP contribution in [0.3, 0.4) is 0 Å². The number of aliphatic carboxylic acids is 1. The average molecular weight is 383 g/mol. The molecule has 2 amide bonds. The van der Waals surface area contributed by atoms with Gasteiger partial charge in [0.25, 0.3) is 11.1 Å². The van der Waals surface area contributed by atoms with Crippen LogP contribution in [-0.4, -0.2) is 33.7 Å². The van der Waals surface area contributed by atoms with Crippen LogP contribution in [-0.2, 0) is 16.1 Å². The number of benzene rings is 2. The van der Waals surface area contributed by atoms with E-state index in [0.717, 1.165) is 22.9 Å². The summed E-state index contributed by atoms with van der Waals surface area (Å²) in [5.74, 6) is -1.04. The molecule has 2 aromatic rings. The molecule has 1 aliphatic rings. The molecule has 138 valence electrons. The van der Waals surface area contributed by atoms with Crippen molar-refractivity contribution in [3.05, 3.63) is 70.1 Å². The zero-order valence-corrected chi connectivity index (χ0v) is 15.4. The largest absolute Gasteiger partial charge is 0.482 e. The molecule has 1 saturated heterocycles. The maximum Gasteiger partial charge on any atom is 0.341 e. The molecule has 1 aliphatic heterocycles. The number of carboxylic acids is 1. The minimum Gasteiger partial charge on any atom is -0.482 e. The molecule has 0 saturated carbocycles. The molecule has 0 radical (unpaired) electrons. The van der Waals surface area contributed by atoms with Crippen molar-refractivity contribution in [3.8, 4) is 5.75 Å². The second-order valence-corrected chi connectivity index (χ2v) is 7.00. The predicted molar refractivity (Wildman–Crippen MR) is 102 cm³/mol. The number of hydrogen-bond donors (Lipinski definition) is 1. The number of nitrogens with zero attached hydrogens (tertiary/aromatic N) is 1. The number of ether oxygens (including phenoxy) is 1. The van der Waals surface area contributed by atoms with Gasteiger partial charge in [-0.05, 0) is 48.0 Å². The van der Waals surface area contributed by atoms with Gasteiger partial charge in [-0.25, -0.2) is 4.79 Å². The highest BCUT2D eigenvalue weighted by Crippen LogP contribution is 2.33. The first-order valence-corrected chi connectivity index (χ1v) is 8.99. The van der Waals surface area contributed by atoms with E-state index in [9.17, 15) is 14.4 Å². The van der Waals surface area contributed by atoms with Crippen molar-refractivity contribution in [2.45, 2.75) is 13.5 Å². The normalized spacial score (nSPS) is 15.4. The van der Waals surface area contributed by atoms with Crippen LogP contribution in [0.25, 0.3) is 6.08 Å². The lowest BCUT2D eigenvalue weighted by Gasteiger charge is -2.12. The van der Waals surface area contributed by atoms with Crippen LogP contribution in [0.4, 0.5) is 4.79 Å². The Morgan fingerprint density at radius 3 is 2.63 bits per heavy atom. The fourth-order valence-corrected chi connectivity index (χ4v) is 3.34. The topological polar surface area (TPSA) is 83.9 Å². The van der Waals surface area contributed by atoms with Crippen molar-refractivity contribution in [2.24, 2.45) is 0 Å². The van der Waals surface area contributed by atoms with Gasteiger partial charge in [0.15, 0.2) is 6.61 Å². The summed E-state index contributed by atoms with van der Waals surface area (Å²) < 4.78 is 5.13. The molecule has 0 aliphatic carbocycles. The number of carbonyl (C=O) groups is 3. The van der Waals surface area contributed by atoms with Gasteiger partial charge in [0, 0.05) is 0 Å². The molecule has 0 unspecified atom stereocenters. The first kappa shape index (κ1) is 18.7. The molecule has 1 N–H and O–H groups in total. The Kier molecular flexibility index (Phi) is 5.61. The van der Waals surface area contributed by atoms with Crippen LogP contribution in [0.15, 0.2) is 53.4 Å². The van der Waals surface area contributed by atoms with Crippen molar-refractivity contribution in [2.75, 3.05) is 6.61 Å². The smallest absolute Gasteiger partial charge is 0.341 e. The lowest BCUT2D eigenvalue weighted by molar-refractivity contribution is -0.139. The fourth-order valence-electron chi connectivity index (χ4n) is 2.50. The van der Waals surface area contributed by atoms with Gasteiger partial charge in [-0.3, -0.25) is 14.5 Å². The number of aryl methyl sites for hydroxylation is 1. The molecule has 0 atom stereocenters. The number of rotatable bonds is 6. The first-order valence-electron chi connectivity index (χ1n) is 8.18. The Hall–Kier alpha value is -3.06. The van der Waals surface area contributed by atoms with E-state index in [-0.39, 0.29) is 17.7 Å². The minimum atomic E-state index is -1.07. The van der Waals surface area contributed by atoms with Gasteiger partial charge in [0.1, 0.15) is 5.75 Å². The third kappa shape index (κ3) is 4.77. The van der Waals surface area contributed by atoms with E-state index in [1.807, 2.05) is 31.2 Å². The maximum absolute atomic E-state index is 12.6. The number of imide groups is 1. The van der Waals surface area contributed by atoms with Crippen LogP contribution in [0.2, 0.25) is 0 Å². The summed E-state index contributed by atoms with van der Waals surface area (Å²) in [6.45, 7) is 1.75. The van der Waals surface area contributed by atoms with E-state index in [4.69, 9.17) is 9.84 Å². The fraction of sp³-hybridized carbons (Fsp3) is 0.150. The quantitative estimate of drug-likeness (QED) is 0.766. The van der Waals surface area contributed by atoms with Gasteiger partial charge in [0.05, 0.1) is 11.4 Å². The summed E-state index contributed by atoms with van der Waals surface area (Å²) in [6, 6.07) is 14.4. The van der Waals surface area contributed by atoms with Gasteiger partial charge in [-0.1, -0.05) is 42.0 Å².